The fraction of sp³-hybridized carbons (Fsp3) is 0.348. The second-order valence-corrected chi connectivity index (χ2v) is 7.50. The second-order valence-electron chi connectivity index (χ2n) is 7.50. The Morgan fingerprint density at radius 2 is 1.75 bits per heavy atom. The summed E-state index contributed by atoms with van der Waals surface area (Å²) in [5.74, 6) is 0.833. The fourth-order valence-corrected chi connectivity index (χ4v) is 3.88. The zero-order chi connectivity index (χ0) is 19.3. The Morgan fingerprint density at radius 1 is 1.00 bits per heavy atom. The van der Waals surface area contributed by atoms with Crippen molar-refractivity contribution >= 4 is 16.7 Å². The Hall–Kier alpha value is -2.63. The van der Waals surface area contributed by atoms with Crippen LogP contribution in [0.25, 0.3) is 10.8 Å². The number of carbonyl (C=O) groups is 1. The lowest BCUT2D eigenvalue weighted by molar-refractivity contribution is -0.123. The van der Waals surface area contributed by atoms with Crippen LogP contribution in [-0.2, 0) is 11.3 Å². The highest BCUT2D eigenvalue weighted by Crippen LogP contribution is 2.20. The van der Waals surface area contributed by atoms with Crippen molar-refractivity contribution in [3.63, 3.8) is 0 Å². The van der Waals surface area contributed by atoms with Crippen LogP contribution in [0.4, 0.5) is 0 Å². The van der Waals surface area contributed by atoms with Gasteiger partial charge in [0.15, 0.2) is 0 Å². The number of carbonyl (C=O) groups excluding carboxylic acids is 1. The van der Waals surface area contributed by atoms with Gasteiger partial charge in [0, 0.05) is 32.7 Å². The number of nitrogens with one attached hydrogen (secondary N) is 1. The molecule has 4 rings (SSSR count). The number of nitrogens with zero attached hydrogens (tertiary/aromatic N) is 2. The predicted molar refractivity (Wildman–Crippen MR) is 111 cm³/mol. The number of fused-ring (bicyclic) bond motifs is 1. The largest absolute Gasteiger partial charge is 0.467 e. The SMILES string of the molecule is C[C@@H](NC(=O)CN1CCN(Cc2cccc3ccccc23)CC1)c1ccco1. The first kappa shape index (κ1) is 18.7. The van der Waals surface area contributed by atoms with E-state index < -0.39 is 0 Å². The van der Waals surface area contributed by atoms with E-state index in [4.69, 9.17) is 4.42 Å². The topological polar surface area (TPSA) is 48.7 Å². The van der Waals surface area contributed by atoms with Gasteiger partial charge in [-0.05, 0) is 35.4 Å². The molecule has 2 aromatic carbocycles. The van der Waals surface area contributed by atoms with Crippen molar-refractivity contribution in [3.05, 3.63) is 72.2 Å². The van der Waals surface area contributed by atoms with Gasteiger partial charge >= 0.3 is 0 Å². The number of amides is 1. The molecule has 0 saturated carbocycles. The summed E-state index contributed by atoms with van der Waals surface area (Å²) in [5, 5.41) is 5.64. The van der Waals surface area contributed by atoms with Gasteiger partial charge in [-0.15, -0.1) is 0 Å². The predicted octanol–water partition coefficient (Wildman–Crippen LogP) is 3.43. The molecule has 1 saturated heterocycles. The van der Waals surface area contributed by atoms with Gasteiger partial charge in [-0.2, -0.15) is 0 Å². The molecule has 1 aliphatic rings. The average Bonchev–Trinajstić information content (AvgIpc) is 3.25. The van der Waals surface area contributed by atoms with Gasteiger partial charge in [0.1, 0.15) is 5.76 Å². The van der Waals surface area contributed by atoms with Gasteiger partial charge in [0.25, 0.3) is 0 Å². The van der Waals surface area contributed by atoms with Crippen LogP contribution in [-0.4, -0.2) is 48.4 Å². The molecule has 5 heteroatoms. The van der Waals surface area contributed by atoms with E-state index in [0.29, 0.717) is 6.54 Å². The quantitative estimate of drug-likeness (QED) is 0.715. The summed E-state index contributed by atoms with van der Waals surface area (Å²) in [6, 6.07) is 18.7. The minimum absolute atomic E-state index is 0.0476. The smallest absolute Gasteiger partial charge is 0.234 e. The fourth-order valence-electron chi connectivity index (χ4n) is 3.88. The number of piperazine rings is 1. The van der Waals surface area contributed by atoms with Crippen molar-refractivity contribution in [2.75, 3.05) is 32.7 Å². The van der Waals surface area contributed by atoms with Gasteiger partial charge in [-0.25, -0.2) is 0 Å². The highest BCUT2D eigenvalue weighted by Gasteiger charge is 2.20. The van der Waals surface area contributed by atoms with Crippen LogP contribution >= 0.6 is 0 Å². The monoisotopic (exact) mass is 377 g/mol. The van der Waals surface area contributed by atoms with Crippen LogP contribution < -0.4 is 5.32 Å². The van der Waals surface area contributed by atoms with Crippen molar-refractivity contribution in [2.45, 2.75) is 19.5 Å². The first-order valence-corrected chi connectivity index (χ1v) is 9.93. The third kappa shape index (κ3) is 4.43. The maximum Gasteiger partial charge on any atom is 0.234 e. The molecule has 28 heavy (non-hydrogen) atoms. The lowest BCUT2D eigenvalue weighted by atomic mass is 10.0. The van der Waals surface area contributed by atoms with Crippen molar-refractivity contribution in [3.8, 4) is 0 Å². The second kappa shape index (κ2) is 8.59. The molecule has 1 fully saturated rings. The molecule has 2 heterocycles. The number of hydrogen-bond donors (Lipinski definition) is 1. The molecule has 1 amide bonds. The molecule has 5 nitrogen and oxygen atoms in total. The van der Waals surface area contributed by atoms with Crippen LogP contribution in [0.3, 0.4) is 0 Å². The summed E-state index contributed by atoms with van der Waals surface area (Å²) in [6.07, 6.45) is 1.63. The lowest BCUT2D eigenvalue weighted by Gasteiger charge is -2.34. The maximum atomic E-state index is 12.3. The first-order valence-electron chi connectivity index (χ1n) is 9.93. The molecule has 146 valence electrons. The van der Waals surface area contributed by atoms with E-state index in [1.807, 2.05) is 19.1 Å². The van der Waals surface area contributed by atoms with E-state index in [-0.39, 0.29) is 11.9 Å². The molecule has 1 aromatic heterocycles. The minimum atomic E-state index is -0.102. The molecule has 0 aliphatic carbocycles. The number of furan rings is 1. The zero-order valence-electron chi connectivity index (χ0n) is 16.3. The molecule has 1 N–H and O–H groups in total. The van der Waals surface area contributed by atoms with Gasteiger partial charge in [-0.3, -0.25) is 14.6 Å². The van der Waals surface area contributed by atoms with Crippen molar-refractivity contribution < 1.29 is 9.21 Å². The summed E-state index contributed by atoms with van der Waals surface area (Å²) < 4.78 is 5.35. The first-order chi connectivity index (χ1) is 13.7. The van der Waals surface area contributed by atoms with Gasteiger partial charge in [-0.1, -0.05) is 42.5 Å². The standard InChI is InChI=1S/C23H27N3O2/c1-18(22-10-5-15-28-22)24-23(27)17-26-13-11-25(12-14-26)16-20-8-4-7-19-6-2-3-9-21(19)20/h2-10,15,18H,11-14,16-17H2,1H3,(H,24,27)/t18-/m1/s1. The van der Waals surface area contributed by atoms with Gasteiger partial charge in [0.2, 0.25) is 5.91 Å². The molecule has 3 aromatic rings. The Bertz CT molecular complexity index is 909. The summed E-state index contributed by atoms with van der Waals surface area (Å²) in [5.41, 5.74) is 1.37. The number of rotatable bonds is 6. The van der Waals surface area contributed by atoms with Gasteiger partial charge < -0.3 is 9.73 Å². The van der Waals surface area contributed by atoms with Crippen LogP contribution in [0.5, 0.6) is 0 Å². The Morgan fingerprint density at radius 3 is 2.54 bits per heavy atom. The Kier molecular flexibility index (Phi) is 5.74. The summed E-state index contributed by atoms with van der Waals surface area (Å²) >= 11 is 0. The molecular weight excluding hydrogens is 350 g/mol. The van der Waals surface area contributed by atoms with E-state index in [9.17, 15) is 4.79 Å². The summed E-state index contributed by atoms with van der Waals surface area (Å²) in [4.78, 5) is 17.0. The van der Waals surface area contributed by atoms with E-state index in [1.54, 1.807) is 6.26 Å². The molecule has 0 unspecified atom stereocenters. The number of hydrogen-bond acceptors (Lipinski definition) is 4. The Labute approximate surface area is 165 Å². The molecule has 0 spiro atoms. The van der Waals surface area contributed by atoms with E-state index >= 15 is 0 Å². The lowest BCUT2D eigenvalue weighted by Crippen LogP contribution is -2.49. The highest BCUT2D eigenvalue weighted by molar-refractivity contribution is 5.85. The highest BCUT2D eigenvalue weighted by atomic mass is 16.3. The molecule has 0 bridgehead atoms. The third-order valence-electron chi connectivity index (χ3n) is 5.45. The van der Waals surface area contributed by atoms with Crippen LogP contribution in [0.1, 0.15) is 24.3 Å². The van der Waals surface area contributed by atoms with Crippen molar-refractivity contribution in [1.82, 2.24) is 15.1 Å². The normalized spacial score (nSPS) is 16.9. The number of benzene rings is 2. The van der Waals surface area contributed by atoms with Crippen molar-refractivity contribution in [1.29, 1.82) is 0 Å². The molecule has 0 radical (unpaired) electrons. The van der Waals surface area contributed by atoms with E-state index in [2.05, 4.69) is 57.6 Å². The van der Waals surface area contributed by atoms with Crippen LogP contribution in [0, 0.1) is 0 Å². The van der Waals surface area contributed by atoms with E-state index in [0.717, 1.165) is 38.5 Å². The van der Waals surface area contributed by atoms with Gasteiger partial charge in [0.05, 0.1) is 18.8 Å². The average molecular weight is 377 g/mol. The third-order valence-corrected chi connectivity index (χ3v) is 5.45. The molecular formula is C23H27N3O2. The van der Waals surface area contributed by atoms with Crippen molar-refractivity contribution in [2.24, 2.45) is 0 Å². The van der Waals surface area contributed by atoms with E-state index in [1.165, 1.54) is 16.3 Å². The van der Waals surface area contributed by atoms with Crippen LogP contribution in [0.15, 0.2) is 65.3 Å². The summed E-state index contributed by atoms with van der Waals surface area (Å²) in [7, 11) is 0. The molecule has 1 atom stereocenters. The Balaban J connectivity index is 1.27. The van der Waals surface area contributed by atoms with Crippen LogP contribution in [0.2, 0.25) is 0 Å². The minimum Gasteiger partial charge on any atom is -0.467 e. The zero-order valence-corrected chi connectivity index (χ0v) is 16.3. The molecule has 1 aliphatic heterocycles. The maximum absolute atomic E-state index is 12.3. The summed E-state index contributed by atoms with van der Waals surface area (Å²) in [6.45, 7) is 7.11.